The summed E-state index contributed by atoms with van der Waals surface area (Å²) >= 11 is 0. The molecule has 0 aromatic carbocycles. The van der Waals surface area contributed by atoms with Crippen LogP contribution in [0.25, 0.3) is 0 Å². The summed E-state index contributed by atoms with van der Waals surface area (Å²) in [6.45, 7) is 2.55. The molecule has 1 fully saturated rings. The van der Waals surface area contributed by atoms with Gasteiger partial charge < -0.3 is 15.5 Å². The first-order valence-corrected chi connectivity index (χ1v) is 4.85. The fourth-order valence-electron chi connectivity index (χ4n) is 1.72. The van der Waals surface area contributed by atoms with Crippen molar-refractivity contribution in [3.05, 3.63) is 0 Å². The Morgan fingerprint density at radius 3 is 3.00 bits per heavy atom. The van der Waals surface area contributed by atoms with E-state index in [4.69, 9.17) is 0 Å². The van der Waals surface area contributed by atoms with Crippen molar-refractivity contribution in [2.75, 3.05) is 33.7 Å². The van der Waals surface area contributed by atoms with E-state index in [0.29, 0.717) is 12.6 Å². The van der Waals surface area contributed by atoms with Gasteiger partial charge in [0.25, 0.3) is 0 Å². The highest BCUT2D eigenvalue weighted by atomic mass is 16.1. The summed E-state index contributed by atoms with van der Waals surface area (Å²) in [5.41, 5.74) is 0. The monoisotopic (exact) mass is 185 g/mol. The van der Waals surface area contributed by atoms with Crippen LogP contribution in [0.4, 0.5) is 0 Å². The lowest BCUT2D eigenvalue weighted by atomic mass is 10.1. The molecule has 76 valence electrons. The Labute approximate surface area is 79.7 Å². The van der Waals surface area contributed by atoms with E-state index < -0.39 is 0 Å². The number of hydrogen-bond donors (Lipinski definition) is 2. The Hall–Kier alpha value is -0.610. The second-order valence-electron chi connectivity index (χ2n) is 3.70. The maximum atomic E-state index is 11.2. The van der Waals surface area contributed by atoms with E-state index in [1.165, 1.54) is 6.42 Å². The van der Waals surface area contributed by atoms with Crippen molar-refractivity contribution in [1.29, 1.82) is 0 Å². The van der Waals surface area contributed by atoms with Crippen LogP contribution in [0.1, 0.15) is 12.8 Å². The van der Waals surface area contributed by atoms with Crippen molar-refractivity contribution in [3.8, 4) is 0 Å². The van der Waals surface area contributed by atoms with Gasteiger partial charge in [0.15, 0.2) is 0 Å². The molecular weight excluding hydrogens is 166 g/mol. The summed E-state index contributed by atoms with van der Waals surface area (Å²) < 4.78 is 0. The molecule has 0 aromatic heterocycles. The third kappa shape index (κ3) is 3.74. The average Bonchev–Trinajstić information content (AvgIpc) is 2.04. The zero-order chi connectivity index (χ0) is 9.68. The Morgan fingerprint density at radius 1 is 1.62 bits per heavy atom. The molecule has 1 saturated heterocycles. The lowest BCUT2D eigenvalue weighted by Gasteiger charge is -2.30. The molecule has 0 aromatic rings. The van der Waals surface area contributed by atoms with Gasteiger partial charge in [0.1, 0.15) is 0 Å². The minimum absolute atomic E-state index is 0.0998. The largest absolute Gasteiger partial charge is 0.351 e. The first-order chi connectivity index (χ1) is 6.22. The fourth-order valence-corrected chi connectivity index (χ4v) is 1.72. The number of piperidine rings is 1. The number of nitrogens with one attached hydrogen (secondary N) is 2. The van der Waals surface area contributed by atoms with Crippen LogP contribution < -0.4 is 10.6 Å². The maximum absolute atomic E-state index is 11.2. The van der Waals surface area contributed by atoms with E-state index in [1.807, 2.05) is 0 Å². The van der Waals surface area contributed by atoms with Gasteiger partial charge in [-0.25, -0.2) is 0 Å². The minimum atomic E-state index is 0.0998. The summed E-state index contributed by atoms with van der Waals surface area (Å²) in [6, 6.07) is 0.347. The molecule has 1 amide bonds. The highest BCUT2D eigenvalue weighted by Crippen LogP contribution is 2.07. The maximum Gasteiger partial charge on any atom is 0.234 e. The van der Waals surface area contributed by atoms with Crippen LogP contribution in [0.2, 0.25) is 0 Å². The van der Waals surface area contributed by atoms with Gasteiger partial charge in [-0.3, -0.25) is 4.79 Å². The van der Waals surface area contributed by atoms with Crippen molar-refractivity contribution in [2.24, 2.45) is 0 Å². The molecule has 2 N–H and O–H groups in total. The molecule has 1 rings (SSSR count). The zero-order valence-corrected chi connectivity index (χ0v) is 8.47. The highest BCUT2D eigenvalue weighted by molar-refractivity contribution is 5.78. The topological polar surface area (TPSA) is 44.4 Å². The van der Waals surface area contributed by atoms with Gasteiger partial charge in [-0.2, -0.15) is 0 Å². The molecule has 4 nitrogen and oxygen atoms in total. The molecule has 0 bridgehead atoms. The molecule has 4 heteroatoms. The quantitative estimate of drug-likeness (QED) is 0.618. The van der Waals surface area contributed by atoms with E-state index in [9.17, 15) is 4.79 Å². The average molecular weight is 185 g/mol. The molecule has 1 atom stereocenters. The predicted octanol–water partition coefficient (Wildman–Crippen LogP) is -0.584. The SMILES string of the molecule is CNCC(=O)NC1CCCN(C)C1. The Kier molecular flexibility index (Phi) is 4.18. The van der Waals surface area contributed by atoms with E-state index in [1.54, 1.807) is 7.05 Å². The second-order valence-corrected chi connectivity index (χ2v) is 3.70. The van der Waals surface area contributed by atoms with Crippen molar-refractivity contribution < 1.29 is 4.79 Å². The van der Waals surface area contributed by atoms with Gasteiger partial charge in [0.2, 0.25) is 5.91 Å². The summed E-state index contributed by atoms with van der Waals surface area (Å²) in [5.74, 6) is 0.0998. The van der Waals surface area contributed by atoms with Crippen molar-refractivity contribution >= 4 is 5.91 Å². The smallest absolute Gasteiger partial charge is 0.234 e. The molecule has 1 aliphatic rings. The Balaban J connectivity index is 2.23. The summed E-state index contributed by atoms with van der Waals surface area (Å²) in [5, 5.41) is 5.85. The summed E-state index contributed by atoms with van der Waals surface area (Å²) in [7, 11) is 3.88. The van der Waals surface area contributed by atoms with Crippen LogP contribution in [0, 0.1) is 0 Å². The molecule has 1 heterocycles. The molecule has 0 aliphatic carbocycles. The van der Waals surface area contributed by atoms with Crippen molar-refractivity contribution in [2.45, 2.75) is 18.9 Å². The first-order valence-electron chi connectivity index (χ1n) is 4.85. The minimum Gasteiger partial charge on any atom is -0.351 e. The van der Waals surface area contributed by atoms with E-state index in [0.717, 1.165) is 19.5 Å². The molecule has 1 unspecified atom stereocenters. The number of carbonyl (C=O) groups excluding carboxylic acids is 1. The normalized spacial score (nSPS) is 24.3. The van der Waals surface area contributed by atoms with Crippen molar-refractivity contribution in [3.63, 3.8) is 0 Å². The van der Waals surface area contributed by atoms with E-state index >= 15 is 0 Å². The van der Waals surface area contributed by atoms with Gasteiger partial charge in [-0.15, -0.1) is 0 Å². The molecule has 13 heavy (non-hydrogen) atoms. The number of amides is 1. The molecule has 0 spiro atoms. The molecule has 0 saturated carbocycles. The molecule has 1 aliphatic heterocycles. The first kappa shape index (κ1) is 10.5. The van der Waals surface area contributed by atoms with Crippen LogP contribution in [-0.4, -0.2) is 50.6 Å². The predicted molar refractivity (Wildman–Crippen MR) is 52.6 cm³/mol. The van der Waals surface area contributed by atoms with Crippen LogP contribution in [-0.2, 0) is 4.79 Å². The standard InChI is InChI=1S/C9H19N3O/c1-10-6-9(13)11-8-4-3-5-12(2)7-8/h8,10H,3-7H2,1-2H3,(H,11,13). The van der Waals surface area contributed by atoms with Gasteiger partial charge in [-0.1, -0.05) is 0 Å². The molecule has 0 radical (unpaired) electrons. The number of carbonyl (C=O) groups is 1. The third-order valence-electron chi connectivity index (χ3n) is 2.33. The van der Waals surface area contributed by atoms with Gasteiger partial charge >= 0.3 is 0 Å². The number of rotatable bonds is 3. The zero-order valence-electron chi connectivity index (χ0n) is 8.47. The van der Waals surface area contributed by atoms with Gasteiger partial charge in [0.05, 0.1) is 6.54 Å². The summed E-state index contributed by atoms with van der Waals surface area (Å²) in [4.78, 5) is 13.5. The molecular formula is C9H19N3O. The lowest BCUT2D eigenvalue weighted by Crippen LogP contribution is -2.48. The van der Waals surface area contributed by atoms with E-state index in [2.05, 4.69) is 22.6 Å². The lowest BCUT2D eigenvalue weighted by molar-refractivity contribution is -0.121. The highest BCUT2D eigenvalue weighted by Gasteiger charge is 2.18. The number of likely N-dealkylation sites (tertiary alicyclic amines) is 1. The van der Waals surface area contributed by atoms with Crippen molar-refractivity contribution in [1.82, 2.24) is 15.5 Å². The fraction of sp³-hybridized carbons (Fsp3) is 0.889. The van der Waals surface area contributed by atoms with Crippen LogP contribution in [0.15, 0.2) is 0 Å². The van der Waals surface area contributed by atoms with Gasteiger partial charge in [-0.05, 0) is 33.5 Å². The third-order valence-corrected chi connectivity index (χ3v) is 2.33. The number of hydrogen-bond acceptors (Lipinski definition) is 3. The van der Waals surface area contributed by atoms with E-state index in [-0.39, 0.29) is 5.91 Å². The Bertz CT molecular complexity index is 172. The second kappa shape index (κ2) is 5.19. The van der Waals surface area contributed by atoms with Crippen LogP contribution in [0.3, 0.4) is 0 Å². The van der Waals surface area contributed by atoms with Crippen LogP contribution >= 0.6 is 0 Å². The number of likely N-dealkylation sites (N-methyl/N-ethyl adjacent to an activating group) is 2. The van der Waals surface area contributed by atoms with Crippen LogP contribution in [0.5, 0.6) is 0 Å². The summed E-state index contributed by atoms with van der Waals surface area (Å²) in [6.07, 6.45) is 2.29. The van der Waals surface area contributed by atoms with Gasteiger partial charge in [0, 0.05) is 12.6 Å². The number of nitrogens with zero attached hydrogens (tertiary/aromatic N) is 1. The Morgan fingerprint density at radius 2 is 2.38 bits per heavy atom.